The number of halogens is 2. The van der Waals surface area contributed by atoms with Crippen molar-refractivity contribution in [1.82, 2.24) is 15.3 Å². The van der Waals surface area contributed by atoms with Crippen molar-refractivity contribution < 1.29 is 0 Å². The maximum Gasteiger partial charge on any atom is 0.0923 e. The summed E-state index contributed by atoms with van der Waals surface area (Å²) in [5, 5.41) is 3.55. The molecule has 0 amide bonds. The second kappa shape index (κ2) is 8.23. The molecule has 1 heterocycles. The molecule has 0 bridgehead atoms. The number of nitrogens with one attached hydrogen (secondary N) is 2. The Kier molecular flexibility index (Phi) is 6.96. The average Bonchev–Trinajstić information content (AvgIpc) is 3.03. The minimum Gasteiger partial charge on any atom is -0.351 e. The quantitative estimate of drug-likeness (QED) is 0.876. The van der Waals surface area contributed by atoms with E-state index in [0.717, 1.165) is 12.2 Å². The molecule has 1 aliphatic rings. The second-order valence-corrected chi connectivity index (χ2v) is 5.19. The van der Waals surface area contributed by atoms with Crippen molar-refractivity contribution in [2.75, 3.05) is 0 Å². The largest absolute Gasteiger partial charge is 0.351 e. The Morgan fingerprint density at radius 1 is 1.33 bits per heavy atom. The molecule has 0 saturated heterocycles. The third kappa shape index (κ3) is 4.88. The number of imidazole rings is 1. The molecule has 0 aliphatic heterocycles. The summed E-state index contributed by atoms with van der Waals surface area (Å²) in [5.74, 6) is 0.680. The number of aromatic nitrogens is 2. The fraction of sp³-hybridized carbons (Fsp3) is 0.312. The Labute approximate surface area is 138 Å². The second-order valence-electron chi connectivity index (χ2n) is 5.19. The van der Waals surface area contributed by atoms with Gasteiger partial charge in [-0.3, -0.25) is 0 Å². The van der Waals surface area contributed by atoms with Crippen molar-refractivity contribution in [3.05, 3.63) is 59.7 Å². The van der Waals surface area contributed by atoms with Crippen LogP contribution in [0.1, 0.15) is 24.6 Å². The normalized spacial score (nSPS) is 20.3. The van der Waals surface area contributed by atoms with Gasteiger partial charge in [0.15, 0.2) is 0 Å². The first-order valence-corrected chi connectivity index (χ1v) is 6.77. The van der Waals surface area contributed by atoms with Gasteiger partial charge in [-0.25, -0.2) is 4.98 Å². The molecule has 2 atom stereocenters. The minimum atomic E-state index is 0. The Bertz CT molecular complexity index is 552. The van der Waals surface area contributed by atoms with Crippen molar-refractivity contribution >= 4 is 30.9 Å². The summed E-state index contributed by atoms with van der Waals surface area (Å²) in [6.45, 7) is 3.08. The zero-order valence-electron chi connectivity index (χ0n) is 12.0. The van der Waals surface area contributed by atoms with E-state index in [1.807, 2.05) is 6.20 Å². The highest BCUT2D eigenvalue weighted by Crippen LogP contribution is 2.38. The number of aromatic amines is 1. The summed E-state index contributed by atoms with van der Waals surface area (Å²) < 4.78 is 0. The summed E-state index contributed by atoms with van der Waals surface area (Å²) in [6, 6.07) is 11.1. The smallest absolute Gasteiger partial charge is 0.0923 e. The molecular formula is C16H21Cl2N3. The molecule has 3 nitrogen and oxygen atoms in total. The Morgan fingerprint density at radius 2 is 2.10 bits per heavy atom. The lowest BCUT2D eigenvalue weighted by atomic mass is 10.1. The van der Waals surface area contributed by atoms with Crippen LogP contribution in [0.5, 0.6) is 0 Å². The third-order valence-electron chi connectivity index (χ3n) is 3.67. The molecule has 1 aromatic heterocycles. The lowest BCUT2D eigenvalue weighted by Crippen LogP contribution is -2.18. The molecule has 0 spiro atoms. The number of benzene rings is 1. The van der Waals surface area contributed by atoms with Crippen LogP contribution in [0.3, 0.4) is 0 Å². The maximum atomic E-state index is 4.22. The zero-order valence-corrected chi connectivity index (χ0v) is 13.6. The molecule has 2 unspecified atom stereocenters. The number of hydrogen-bond donors (Lipinski definition) is 2. The van der Waals surface area contributed by atoms with Gasteiger partial charge in [-0.15, -0.1) is 24.8 Å². The Balaban J connectivity index is 0.00000110. The lowest BCUT2D eigenvalue weighted by molar-refractivity contribution is 0.651. The van der Waals surface area contributed by atoms with Crippen LogP contribution in [0.4, 0.5) is 0 Å². The predicted molar refractivity (Wildman–Crippen MR) is 91.9 cm³/mol. The molecule has 114 valence electrons. The van der Waals surface area contributed by atoms with Crippen molar-refractivity contribution in [2.24, 2.45) is 5.92 Å². The van der Waals surface area contributed by atoms with Gasteiger partial charge in [0.05, 0.1) is 12.0 Å². The number of rotatable bonds is 5. The molecular weight excluding hydrogens is 305 g/mol. The van der Waals surface area contributed by atoms with Gasteiger partial charge in [0.2, 0.25) is 0 Å². The summed E-state index contributed by atoms with van der Waals surface area (Å²) in [4.78, 5) is 7.20. The third-order valence-corrected chi connectivity index (χ3v) is 3.67. The molecule has 1 aromatic carbocycles. The fourth-order valence-electron chi connectivity index (χ4n) is 2.47. The van der Waals surface area contributed by atoms with Crippen LogP contribution in [0.25, 0.3) is 6.08 Å². The molecule has 2 aromatic rings. The average molecular weight is 326 g/mol. The van der Waals surface area contributed by atoms with Gasteiger partial charge < -0.3 is 10.3 Å². The highest BCUT2D eigenvalue weighted by atomic mass is 35.5. The Hall–Kier alpha value is -1.29. The van der Waals surface area contributed by atoms with Crippen molar-refractivity contribution in [3.8, 4) is 0 Å². The number of nitrogens with zero attached hydrogens (tertiary/aromatic N) is 1. The summed E-state index contributed by atoms with van der Waals surface area (Å²) >= 11 is 0. The van der Waals surface area contributed by atoms with E-state index in [9.17, 15) is 0 Å². The molecule has 3 rings (SSSR count). The molecule has 1 saturated carbocycles. The van der Waals surface area contributed by atoms with E-state index >= 15 is 0 Å². The van der Waals surface area contributed by atoms with Gasteiger partial charge in [-0.05, 0) is 24.8 Å². The molecule has 1 aliphatic carbocycles. The molecule has 1 fully saturated rings. The standard InChI is InChI=1S/C16H19N3.2ClH/c1-12(7-13-5-3-2-4-6-13)15-8-16(15)18-10-14-9-17-11-19-14;;/h2-7,9,11,15-16,18H,8,10H2,1H3,(H,17,19);2*1H/b12-7+;;. The molecule has 2 N–H and O–H groups in total. The number of H-pyrrole nitrogens is 1. The monoisotopic (exact) mass is 325 g/mol. The maximum absolute atomic E-state index is 4.22. The summed E-state index contributed by atoms with van der Waals surface area (Å²) in [7, 11) is 0. The van der Waals surface area contributed by atoms with Crippen LogP contribution in [-0.4, -0.2) is 16.0 Å². The first kappa shape index (κ1) is 17.8. The van der Waals surface area contributed by atoms with Crippen LogP contribution in [0.2, 0.25) is 0 Å². The van der Waals surface area contributed by atoms with Gasteiger partial charge in [0.1, 0.15) is 0 Å². The van der Waals surface area contributed by atoms with Gasteiger partial charge >= 0.3 is 0 Å². The molecule has 0 radical (unpaired) electrons. The highest BCUT2D eigenvalue weighted by Gasteiger charge is 2.37. The molecule has 5 heteroatoms. The summed E-state index contributed by atoms with van der Waals surface area (Å²) in [5.41, 5.74) is 3.83. The van der Waals surface area contributed by atoms with E-state index < -0.39 is 0 Å². The van der Waals surface area contributed by atoms with Crippen LogP contribution in [-0.2, 0) is 6.54 Å². The zero-order chi connectivity index (χ0) is 13.1. The van der Waals surface area contributed by atoms with E-state index in [-0.39, 0.29) is 24.8 Å². The van der Waals surface area contributed by atoms with E-state index in [2.05, 4.69) is 58.6 Å². The van der Waals surface area contributed by atoms with Crippen LogP contribution < -0.4 is 5.32 Å². The molecule has 21 heavy (non-hydrogen) atoms. The lowest BCUT2D eigenvalue weighted by Gasteiger charge is -2.03. The van der Waals surface area contributed by atoms with Crippen molar-refractivity contribution in [2.45, 2.75) is 25.9 Å². The van der Waals surface area contributed by atoms with E-state index in [1.165, 1.54) is 17.6 Å². The van der Waals surface area contributed by atoms with Crippen molar-refractivity contribution in [3.63, 3.8) is 0 Å². The Morgan fingerprint density at radius 3 is 2.76 bits per heavy atom. The van der Waals surface area contributed by atoms with Gasteiger partial charge in [0, 0.05) is 18.8 Å². The van der Waals surface area contributed by atoms with Crippen LogP contribution >= 0.6 is 24.8 Å². The first-order valence-electron chi connectivity index (χ1n) is 6.77. The topological polar surface area (TPSA) is 40.7 Å². The van der Waals surface area contributed by atoms with Gasteiger partial charge in [-0.1, -0.05) is 42.0 Å². The van der Waals surface area contributed by atoms with Gasteiger partial charge in [0.25, 0.3) is 0 Å². The fourth-order valence-corrected chi connectivity index (χ4v) is 2.47. The SMILES string of the molecule is C/C(=C\c1ccccc1)C1CC1NCc1c[nH]cn1.Cl.Cl. The van der Waals surface area contributed by atoms with Crippen molar-refractivity contribution in [1.29, 1.82) is 0 Å². The first-order chi connectivity index (χ1) is 9.33. The van der Waals surface area contributed by atoms with E-state index in [0.29, 0.717) is 12.0 Å². The van der Waals surface area contributed by atoms with E-state index in [4.69, 9.17) is 0 Å². The highest BCUT2D eigenvalue weighted by molar-refractivity contribution is 5.85. The van der Waals surface area contributed by atoms with Gasteiger partial charge in [-0.2, -0.15) is 0 Å². The predicted octanol–water partition coefficient (Wildman–Crippen LogP) is 3.83. The minimum absolute atomic E-state index is 0. The van der Waals surface area contributed by atoms with E-state index in [1.54, 1.807) is 6.33 Å². The van der Waals surface area contributed by atoms with Crippen LogP contribution in [0.15, 0.2) is 48.4 Å². The summed E-state index contributed by atoms with van der Waals surface area (Å²) in [6.07, 6.45) is 7.19. The number of hydrogen-bond acceptors (Lipinski definition) is 2. The van der Waals surface area contributed by atoms with Crippen LogP contribution in [0, 0.1) is 5.92 Å².